The minimum Gasteiger partial charge on any atom is -0.403 e. The van der Waals surface area contributed by atoms with Gasteiger partial charge in [-0.2, -0.15) is 0 Å². The maximum absolute atomic E-state index is 12.5. The Morgan fingerprint density at radius 2 is 2.10 bits per heavy atom. The van der Waals surface area contributed by atoms with Gasteiger partial charge in [0.15, 0.2) is 5.75 Å². The van der Waals surface area contributed by atoms with Crippen LogP contribution in [0.3, 0.4) is 0 Å². The fraction of sp³-hybridized carbons (Fsp3) is 0.250. The van der Waals surface area contributed by atoms with Gasteiger partial charge in [-0.25, -0.2) is 4.98 Å². The van der Waals surface area contributed by atoms with E-state index in [1.54, 1.807) is 12.3 Å². The molecule has 8 heteroatoms. The third-order valence-electron chi connectivity index (χ3n) is 2.52. The predicted molar refractivity (Wildman–Crippen MR) is 70.7 cm³/mol. The molecule has 0 saturated carbocycles. The van der Waals surface area contributed by atoms with Crippen LogP contribution >= 0.6 is 15.9 Å². The number of hydrogen-bond donors (Lipinski definition) is 1. The molecule has 1 aromatic carbocycles. The van der Waals surface area contributed by atoms with E-state index in [9.17, 15) is 13.2 Å². The molecule has 20 heavy (non-hydrogen) atoms. The summed E-state index contributed by atoms with van der Waals surface area (Å²) in [4.78, 5) is 3.94. The first-order valence-electron chi connectivity index (χ1n) is 5.67. The van der Waals surface area contributed by atoms with Gasteiger partial charge >= 0.3 is 6.36 Å². The van der Waals surface area contributed by atoms with E-state index in [1.165, 1.54) is 23.0 Å². The molecule has 0 bridgehead atoms. The van der Waals surface area contributed by atoms with Crippen LogP contribution in [-0.2, 0) is 6.42 Å². The first kappa shape index (κ1) is 14.9. The van der Waals surface area contributed by atoms with Crippen molar-refractivity contribution in [2.75, 3.05) is 6.54 Å². The highest BCUT2D eigenvalue weighted by atomic mass is 79.9. The largest absolute Gasteiger partial charge is 0.573 e. The molecule has 0 fully saturated rings. The number of imidazole rings is 1. The van der Waals surface area contributed by atoms with Gasteiger partial charge in [0.25, 0.3) is 0 Å². The van der Waals surface area contributed by atoms with Crippen molar-refractivity contribution in [1.82, 2.24) is 9.55 Å². The number of nitrogens with zero attached hydrogens (tertiary/aromatic N) is 2. The Hall–Kier alpha value is -1.54. The number of aromatic nitrogens is 2. The molecule has 2 rings (SSSR count). The molecule has 0 aliphatic carbocycles. The van der Waals surface area contributed by atoms with Gasteiger partial charge in [-0.15, -0.1) is 13.2 Å². The first-order valence-corrected chi connectivity index (χ1v) is 6.47. The lowest BCUT2D eigenvalue weighted by Gasteiger charge is -2.15. The zero-order valence-electron chi connectivity index (χ0n) is 10.2. The van der Waals surface area contributed by atoms with Crippen LogP contribution in [0.2, 0.25) is 0 Å². The summed E-state index contributed by atoms with van der Waals surface area (Å²) in [7, 11) is 0. The Kier molecular flexibility index (Phi) is 4.34. The Bertz CT molecular complexity index is 598. The van der Waals surface area contributed by atoms with Crippen LogP contribution in [0.5, 0.6) is 5.75 Å². The van der Waals surface area contributed by atoms with Crippen molar-refractivity contribution in [2.45, 2.75) is 12.8 Å². The van der Waals surface area contributed by atoms with Gasteiger partial charge < -0.3 is 10.5 Å². The van der Waals surface area contributed by atoms with E-state index in [4.69, 9.17) is 5.73 Å². The summed E-state index contributed by atoms with van der Waals surface area (Å²) in [5.41, 5.74) is 6.44. The topological polar surface area (TPSA) is 53.1 Å². The maximum Gasteiger partial charge on any atom is 0.573 e. The molecule has 0 radical (unpaired) electrons. The summed E-state index contributed by atoms with van der Waals surface area (Å²) in [6.07, 6.45) is -1.27. The summed E-state index contributed by atoms with van der Waals surface area (Å²) < 4.78 is 43.5. The SMILES string of the molecule is NCCc1cncn1-c1ccc(Br)cc1OC(F)(F)F. The van der Waals surface area contributed by atoms with E-state index >= 15 is 0 Å². The fourth-order valence-electron chi connectivity index (χ4n) is 1.77. The number of hydrogen-bond acceptors (Lipinski definition) is 3. The van der Waals surface area contributed by atoms with Crippen molar-refractivity contribution in [3.63, 3.8) is 0 Å². The van der Waals surface area contributed by atoms with Crippen molar-refractivity contribution in [1.29, 1.82) is 0 Å². The van der Waals surface area contributed by atoms with Gasteiger partial charge in [0.05, 0.1) is 12.0 Å². The number of benzene rings is 1. The van der Waals surface area contributed by atoms with Gasteiger partial charge in [-0.1, -0.05) is 15.9 Å². The maximum atomic E-state index is 12.5. The number of halogens is 4. The molecular weight excluding hydrogens is 339 g/mol. The van der Waals surface area contributed by atoms with Crippen LogP contribution in [-0.4, -0.2) is 22.5 Å². The average Bonchev–Trinajstić information content (AvgIpc) is 2.76. The molecule has 0 saturated heterocycles. The molecular formula is C12H11BrF3N3O. The third kappa shape index (κ3) is 3.51. The van der Waals surface area contributed by atoms with Gasteiger partial charge in [0.1, 0.15) is 0 Å². The molecule has 1 heterocycles. The van der Waals surface area contributed by atoms with Crippen LogP contribution in [0.25, 0.3) is 5.69 Å². The van der Waals surface area contributed by atoms with Crippen molar-refractivity contribution in [2.24, 2.45) is 5.73 Å². The normalized spacial score (nSPS) is 11.7. The van der Waals surface area contributed by atoms with E-state index in [0.29, 0.717) is 23.1 Å². The van der Waals surface area contributed by atoms with Gasteiger partial charge in [0.2, 0.25) is 0 Å². The Morgan fingerprint density at radius 3 is 2.75 bits per heavy atom. The lowest BCUT2D eigenvalue weighted by molar-refractivity contribution is -0.274. The second-order valence-electron chi connectivity index (χ2n) is 3.95. The van der Waals surface area contributed by atoms with Crippen molar-refractivity contribution < 1.29 is 17.9 Å². The first-order chi connectivity index (χ1) is 9.40. The van der Waals surface area contributed by atoms with E-state index in [0.717, 1.165) is 0 Å². The van der Waals surface area contributed by atoms with E-state index < -0.39 is 6.36 Å². The molecule has 108 valence electrons. The fourth-order valence-corrected chi connectivity index (χ4v) is 2.11. The molecule has 0 atom stereocenters. The van der Waals surface area contributed by atoms with Gasteiger partial charge in [-0.3, -0.25) is 4.57 Å². The summed E-state index contributed by atoms with van der Waals surface area (Å²) in [6.45, 7) is 0.373. The number of nitrogens with two attached hydrogens (primary N) is 1. The highest BCUT2D eigenvalue weighted by Crippen LogP contribution is 2.32. The smallest absolute Gasteiger partial charge is 0.403 e. The number of ether oxygens (including phenoxy) is 1. The van der Waals surface area contributed by atoms with E-state index in [-0.39, 0.29) is 11.4 Å². The minimum absolute atomic E-state index is 0.256. The Morgan fingerprint density at radius 1 is 1.35 bits per heavy atom. The molecule has 1 aromatic heterocycles. The highest BCUT2D eigenvalue weighted by molar-refractivity contribution is 9.10. The molecule has 4 nitrogen and oxygen atoms in total. The van der Waals surface area contributed by atoms with Crippen molar-refractivity contribution in [3.8, 4) is 11.4 Å². The van der Waals surface area contributed by atoms with E-state index in [1.807, 2.05) is 0 Å². The molecule has 0 amide bonds. The summed E-state index contributed by atoms with van der Waals surface area (Å²) in [6, 6.07) is 4.41. The zero-order chi connectivity index (χ0) is 14.8. The second-order valence-corrected chi connectivity index (χ2v) is 4.87. The molecule has 0 aliphatic rings. The lowest BCUT2D eigenvalue weighted by Crippen LogP contribution is -2.18. The standard InChI is InChI=1S/C12H11BrF3N3O/c13-8-1-2-10(11(5-8)20-12(14,15)16)19-7-18-6-9(19)3-4-17/h1-2,5-7H,3-4,17H2. The van der Waals surface area contributed by atoms with E-state index in [2.05, 4.69) is 25.7 Å². The summed E-state index contributed by atoms with van der Waals surface area (Å²) in [5, 5.41) is 0. The average molecular weight is 350 g/mol. The third-order valence-corrected chi connectivity index (χ3v) is 3.02. The van der Waals surface area contributed by atoms with Crippen LogP contribution in [0, 0.1) is 0 Å². The zero-order valence-corrected chi connectivity index (χ0v) is 11.8. The minimum atomic E-state index is -4.76. The molecule has 0 aliphatic heterocycles. The van der Waals surface area contributed by atoms with Gasteiger partial charge in [0, 0.05) is 22.8 Å². The Labute approximate surface area is 121 Å². The summed E-state index contributed by atoms with van der Waals surface area (Å²) in [5.74, 6) is -0.303. The second kappa shape index (κ2) is 5.84. The highest BCUT2D eigenvalue weighted by Gasteiger charge is 2.32. The molecule has 2 N–H and O–H groups in total. The molecule has 0 spiro atoms. The quantitative estimate of drug-likeness (QED) is 0.922. The van der Waals surface area contributed by atoms with Crippen molar-refractivity contribution in [3.05, 3.63) is 40.9 Å². The van der Waals surface area contributed by atoms with Crippen molar-refractivity contribution >= 4 is 15.9 Å². The number of alkyl halides is 3. The Balaban J connectivity index is 2.47. The van der Waals surface area contributed by atoms with Crippen LogP contribution in [0.1, 0.15) is 5.69 Å². The predicted octanol–water partition coefficient (Wildman–Crippen LogP) is 3.03. The number of rotatable bonds is 4. The molecule has 2 aromatic rings. The van der Waals surface area contributed by atoms with Crippen LogP contribution < -0.4 is 10.5 Å². The molecule has 0 unspecified atom stereocenters. The lowest BCUT2D eigenvalue weighted by atomic mass is 10.2. The van der Waals surface area contributed by atoms with Gasteiger partial charge in [-0.05, 0) is 24.7 Å². The van der Waals surface area contributed by atoms with Crippen LogP contribution in [0.15, 0.2) is 35.2 Å². The monoisotopic (exact) mass is 349 g/mol. The summed E-state index contributed by atoms with van der Waals surface area (Å²) >= 11 is 3.12. The van der Waals surface area contributed by atoms with Crippen LogP contribution in [0.4, 0.5) is 13.2 Å².